The molecular formula is C19H19ClN4O. The first kappa shape index (κ1) is 17.0. The summed E-state index contributed by atoms with van der Waals surface area (Å²) in [6, 6.07) is 15.7. The Labute approximate surface area is 152 Å². The molecule has 3 rings (SSSR count). The number of rotatable bonds is 6. The molecule has 0 fully saturated rings. The van der Waals surface area contributed by atoms with Gasteiger partial charge in [-0.3, -0.25) is 0 Å². The van der Waals surface area contributed by atoms with Crippen LogP contribution in [0.2, 0.25) is 5.02 Å². The summed E-state index contributed by atoms with van der Waals surface area (Å²) in [4.78, 5) is 8.52. The molecule has 0 aliphatic carbocycles. The van der Waals surface area contributed by atoms with Crippen molar-refractivity contribution in [3.8, 4) is 5.75 Å². The van der Waals surface area contributed by atoms with Crippen LogP contribution in [0.5, 0.6) is 5.75 Å². The number of aryl methyl sites for hydroxylation is 1. The predicted molar refractivity (Wildman–Crippen MR) is 102 cm³/mol. The summed E-state index contributed by atoms with van der Waals surface area (Å²) >= 11 is 6.15. The highest BCUT2D eigenvalue weighted by atomic mass is 35.5. The normalized spacial score (nSPS) is 10.4. The van der Waals surface area contributed by atoms with Gasteiger partial charge < -0.3 is 15.4 Å². The molecule has 3 aromatic rings. The first-order valence-electron chi connectivity index (χ1n) is 7.86. The second kappa shape index (κ2) is 7.85. The van der Waals surface area contributed by atoms with E-state index >= 15 is 0 Å². The zero-order valence-electron chi connectivity index (χ0n) is 14.1. The van der Waals surface area contributed by atoms with Crippen molar-refractivity contribution in [1.29, 1.82) is 0 Å². The van der Waals surface area contributed by atoms with E-state index in [1.54, 1.807) is 13.2 Å². The lowest BCUT2D eigenvalue weighted by Crippen LogP contribution is -2.03. The predicted octanol–water partition coefficient (Wildman–Crippen LogP) is 4.80. The van der Waals surface area contributed by atoms with E-state index in [4.69, 9.17) is 16.3 Å². The van der Waals surface area contributed by atoms with Crippen LogP contribution in [0.1, 0.15) is 11.1 Å². The maximum atomic E-state index is 6.15. The Bertz CT molecular complexity index is 855. The third-order valence-electron chi connectivity index (χ3n) is 3.73. The zero-order valence-corrected chi connectivity index (χ0v) is 14.8. The molecule has 2 aromatic carbocycles. The highest BCUT2D eigenvalue weighted by Crippen LogP contribution is 2.32. The van der Waals surface area contributed by atoms with Gasteiger partial charge in [-0.2, -0.15) is 0 Å². The van der Waals surface area contributed by atoms with Gasteiger partial charge in [-0.05, 0) is 24.1 Å². The average Bonchev–Trinajstić information content (AvgIpc) is 2.64. The molecule has 128 valence electrons. The van der Waals surface area contributed by atoms with Crippen LogP contribution in [-0.4, -0.2) is 17.1 Å². The molecule has 0 atom stereocenters. The van der Waals surface area contributed by atoms with Crippen LogP contribution < -0.4 is 15.4 Å². The fourth-order valence-corrected chi connectivity index (χ4v) is 2.53. The van der Waals surface area contributed by atoms with E-state index in [1.807, 2.05) is 37.3 Å². The standard InChI is InChI=1S/C19H19ClN4O/c1-13-8-16(17(25-2)9-15(13)20)24-19-10-18(22-12-23-19)21-11-14-6-4-3-5-7-14/h3-10,12H,11H2,1-2H3,(H2,21,22,23,24). The lowest BCUT2D eigenvalue weighted by Gasteiger charge is -2.13. The highest BCUT2D eigenvalue weighted by Gasteiger charge is 2.08. The largest absolute Gasteiger partial charge is 0.495 e. The van der Waals surface area contributed by atoms with Gasteiger partial charge in [0.05, 0.1) is 12.8 Å². The van der Waals surface area contributed by atoms with Gasteiger partial charge in [0.15, 0.2) is 0 Å². The Hall–Kier alpha value is -2.79. The van der Waals surface area contributed by atoms with Gasteiger partial charge in [0.25, 0.3) is 0 Å². The number of aromatic nitrogens is 2. The molecule has 2 N–H and O–H groups in total. The number of halogens is 1. The number of ether oxygens (including phenoxy) is 1. The number of nitrogens with one attached hydrogen (secondary N) is 2. The Morgan fingerprint density at radius 2 is 1.80 bits per heavy atom. The number of hydrogen-bond acceptors (Lipinski definition) is 5. The lowest BCUT2D eigenvalue weighted by atomic mass is 10.2. The summed E-state index contributed by atoms with van der Waals surface area (Å²) in [6.07, 6.45) is 1.52. The van der Waals surface area contributed by atoms with E-state index < -0.39 is 0 Å². The molecule has 0 saturated carbocycles. The SMILES string of the molecule is COc1cc(Cl)c(C)cc1Nc1cc(NCc2ccccc2)ncn1. The van der Waals surface area contributed by atoms with Crippen LogP contribution in [-0.2, 0) is 6.54 Å². The minimum absolute atomic E-state index is 0.660. The van der Waals surface area contributed by atoms with Crippen molar-refractivity contribution < 1.29 is 4.74 Å². The number of methoxy groups -OCH3 is 1. The summed E-state index contributed by atoms with van der Waals surface area (Å²) in [5, 5.41) is 7.21. The molecule has 6 heteroatoms. The van der Waals surface area contributed by atoms with Crippen LogP contribution in [0.15, 0.2) is 54.9 Å². The molecule has 0 unspecified atom stereocenters. The summed E-state index contributed by atoms with van der Waals surface area (Å²) < 4.78 is 5.38. The lowest BCUT2D eigenvalue weighted by molar-refractivity contribution is 0.416. The van der Waals surface area contributed by atoms with E-state index in [-0.39, 0.29) is 0 Å². The molecule has 0 radical (unpaired) electrons. The van der Waals surface area contributed by atoms with Crippen molar-refractivity contribution >= 4 is 28.9 Å². The van der Waals surface area contributed by atoms with E-state index in [1.165, 1.54) is 11.9 Å². The van der Waals surface area contributed by atoms with Crippen LogP contribution in [0, 0.1) is 6.92 Å². The smallest absolute Gasteiger partial charge is 0.143 e. The van der Waals surface area contributed by atoms with Crippen molar-refractivity contribution in [2.75, 3.05) is 17.7 Å². The van der Waals surface area contributed by atoms with Crippen LogP contribution >= 0.6 is 11.6 Å². The van der Waals surface area contributed by atoms with Gasteiger partial charge in [0.1, 0.15) is 23.7 Å². The van der Waals surface area contributed by atoms with Crippen molar-refractivity contribution in [2.45, 2.75) is 13.5 Å². The van der Waals surface area contributed by atoms with Gasteiger partial charge >= 0.3 is 0 Å². The topological polar surface area (TPSA) is 59.1 Å². The van der Waals surface area contributed by atoms with Crippen LogP contribution in [0.25, 0.3) is 0 Å². The Kier molecular flexibility index (Phi) is 5.36. The van der Waals surface area contributed by atoms with E-state index in [2.05, 4.69) is 32.7 Å². The van der Waals surface area contributed by atoms with Crippen LogP contribution in [0.3, 0.4) is 0 Å². The Morgan fingerprint density at radius 1 is 1.04 bits per heavy atom. The molecule has 5 nitrogen and oxygen atoms in total. The maximum absolute atomic E-state index is 6.15. The monoisotopic (exact) mass is 354 g/mol. The first-order chi connectivity index (χ1) is 12.2. The van der Waals surface area contributed by atoms with Gasteiger partial charge in [0, 0.05) is 23.7 Å². The van der Waals surface area contributed by atoms with Gasteiger partial charge in [-0.15, -0.1) is 0 Å². The maximum Gasteiger partial charge on any atom is 0.143 e. The molecule has 25 heavy (non-hydrogen) atoms. The second-order valence-corrected chi connectivity index (χ2v) is 5.96. The minimum atomic E-state index is 0.660. The quantitative estimate of drug-likeness (QED) is 0.665. The molecule has 0 spiro atoms. The molecular weight excluding hydrogens is 336 g/mol. The number of anilines is 3. The van der Waals surface area contributed by atoms with E-state index in [9.17, 15) is 0 Å². The zero-order chi connectivity index (χ0) is 17.6. The molecule has 0 amide bonds. The van der Waals surface area contributed by atoms with E-state index in [0.717, 1.165) is 17.1 Å². The first-order valence-corrected chi connectivity index (χ1v) is 8.24. The summed E-state index contributed by atoms with van der Waals surface area (Å²) in [5.74, 6) is 2.07. The average molecular weight is 355 g/mol. The summed E-state index contributed by atoms with van der Waals surface area (Å²) in [5.41, 5.74) is 2.95. The van der Waals surface area contributed by atoms with Crippen molar-refractivity contribution in [3.05, 3.63) is 71.0 Å². The van der Waals surface area contributed by atoms with Crippen molar-refractivity contribution in [2.24, 2.45) is 0 Å². The number of hydrogen-bond donors (Lipinski definition) is 2. The number of nitrogens with zero attached hydrogens (tertiary/aromatic N) is 2. The molecule has 0 bridgehead atoms. The molecule has 0 saturated heterocycles. The van der Waals surface area contributed by atoms with Gasteiger partial charge in [-0.25, -0.2) is 9.97 Å². The molecule has 0 aliphatic rings. The highest BCUT2D eigenvalue weighted by molar-refractivity contribution is 6.31. The van der Waals surface area contributed by atoms with Crippen molar-refractivity contribution in [1.82, 2.24) is 9.97 Å². The molecule has 1 aromatic heterocycles. The second-order valence-electron chi connectivity index (χ2n) is 5.55. The molecule has 0 aliphatic heterocycles. The van der Waals surface area contributed by atoms with Crippen molar-refractivity contribution in [3.63, 3.8) is 0 Å². The fraction of sp³-hybridized carbons (Fsp3) is 0.158. The van der Waals surface area contributed by atoms with Gasteiger partial charge in [-0.1, -0.05) is 41.9 Å². The van der Waals surface area contributed by atoms with E-state index in [0.29, 0.717) is 23.1 Å². The Morgan fingerprint density at radius 3 is 2.56 bits per heavy atom. The summed E-state index contributed by atoms with van der Waals surface area (Å²) in [7, 11) is 1.61. The Balaban J connectivity index is 1.75. The third-order valence-corrected chi connectivity index (χ3v) is 4.13. The summed E-state index contributed by atoms with van der Waals surface area (Å²) in [6.45, 7) is 2.64. The molecule has 1 heterocycles. The minimum Gasteiger partial charge on any atom is -0.495 e. The number of benzene rings is 2. The fourth-order valence-electron chi connectivity index (χ4n) is 2.38. The third kappa shape index (κ3) is 4.39. The van der Waals surface area contributed by atoms with Gasteiger partial charge in [0.2, 0.25) is 0 Å². The van der Waals surface area contributed by atoms with Crippen LogP contribution in [0.4, 0.5) is 17.3 Å².